The van der Waals surface area contributed by atoms with Crippen LogP contribution < -0.4 is 5.32 Å². The summed E-state index contributed by atoms with van der Waals surface area (Å²) in [6, 6.07) is 0.354. The molecule has 0 aromatic carbocycles. The first-order valence-corrected chi connectivity index (χ1v) is 5.39. The molecular weight excluding hydrogens is 210 g/mol. The molecule has 0 spiro atoms. The first-order chi connectivity index (χ1) is 7.25. The summed E-state index contributed by atoms with van der Waals surface area (Å²) in [6.45, 7) is 4.12. The molecule has 6 heteroatoms. The molecular formula is C9H11N5S. The van der Waals surface area contributed by atoms with Crippen LogP contribution in [0.25, 0.3) is 11.5 Å². The van der Waals surface area contributed by atoms with E-state index in [9.17, 15) is 0 Å². The quantitative estimate of drug-likeness (QED) is 0.856. The maximum atomic E-state index is 4.31. The Labute approximate surface area is 91.8 Å². The van der Waals surface area contributed by atoms with Crippen molar-refractivity contribution in [1.82, 2.24) is 19.3 Å². The van der Waals surface area contributed by atoms with Crippen molar-refractivity contribution in [3.05, 3.63) is 18.6 Å². The van der Waals surface area contributed by atoms with E-state index in [4.69, 9.17) is 0 Å². The number of hydrogen-bond donors (Lipinski definition) is 1. The zero-order valence-corrected chi connectivity index (χ0v) is 9.32. The topological polar surface area (TPSA) is 63.6 Å². The Morgan fingerprint density at radius 3 is 2.87 bits per heavy atom. The molecule has 2 aromatic heterocycles. The van der Waals surface area contributed by atoms with E-state index in [-0.39, 0.29) is 0 Å². The van der Waals surface area contributed by atoms with Crippen molar-refractivity contribution in [1.29, 1.82) is 0 Å². The first-order valence-electron chi connectivity index (χ1n) is 4.62. The zero-order chi connectivity index (χ0) is 10.7. The Morgan fingerprint density at radius 2 is 2.20 bits per heavy atom. The molecule has 2 rings (SSSR count). The van der Waals surface area contributed by atoms with Gasteiger partial charge in [-0.15, -0.1) is 0 Å². The van der Waals surface area contributed by atoms with Crippen molar-refractivity contribution in [3.63, 3.8) is 0 Å². The van der Waals surface area contributed by atoms with E-state index in [0.717, 1.165) is 5.13 Å². The molecule has 0 saturated carbocycles. The van der Waals surface area contributed by atoms with Crippen LogP contribution in [0.2, 0.25) is 0 Å². The Bertz CT molecular complexity index is 425. The summed E-state index contributed by atoms with van der Waals surface area (Å²) in [7, 11) is 0. The van der Waals surface area contributed by atoms with E-state index in [2.05, 4.69) is 38.5 Å². The second-order valence-corrected chi connectivity index (χ2v) is 4.06. The molecule has 0 aliphatic heterocycles. The lowest BCUT2D eigenvalue weighted by atomic mass is 10.4. The normalized spacial score (nSPS) is 10.6. The predicted molar refractivity (Wildman–Crippen MR) is 59.7 cm³/mol. The van der Waals surface area contributed by atoms with Crippen LogP contribution in [0.3, 0.4) is 0 Å². The van der Waals surface area contributed by atoms with Crippen LogP contribution in [-0.2, 0) is 0 Å². The highest BCUT2D eigenvalue weighted by Crippen LogP contribution is 2.18. The summed E-state index contributed by atoms with van der Waals surface area (Å²) in [5.41, 5.74) is 0.700. The highest BCUT2D eigenvalue weighted by atomic mass is 32.1. The van der Waals surface area contributed by atoms with E-state index in [1.165, 1.54) is 11.5 Å². The van der Waals surface area contributed by atoms with Crippen LogP contribution in [-0.4, -0.2) is 25.4 Å². The summed E-state index contributed by atoms with van der Waals surface area (Å²) in [5.74, 6) is 0.622. The predicted octanol–water partition coefficient (Wildman–Crippen LogP) is 1.82. The van der Waals surface area contributed by atoms with Crippen molar-refractivity contribution >= 4 is 16.7 Å². The summed E-state index contributed by atoms with van der Waals surface area (Å²) < 4.78 is 4.21. The molecule has 2 heterocycles. The van der Waals surface area contributed by atoms with Crippen LogP contribution in [0.15, 0.2) is 18.6 Å². The second-order valence-electron chi connectivity index (χ2n) is 3.31. The van der Waals surface area contributed by atoms with Gasteiger partial charge in [0.2, 0.25) is 5.13 Å². The molecule has 15 heavy (non-hydrogen) atoms. The molecule has 2 aromatic rings. The van der Waals surface area contributed by atoms with Gasteiger partial charge in [0, 0.05) is 30.0 Å². The Morgan fingerprint density at radius 1 is 1.33 bits per heavy atom. The van der Waals surface area contributed by atoms with Crippen LogP contribution in [0.1, 0.15) is 13.8 Å². The largest absolute Gasteiger partial charge is 0.358 e. The molecule has 1 N–H and O–H groups in total. The van der Waals surface area contributed by atoms with Gasteiger partial charge < -0.3 is 5.32 Å². The minimum Gasteiger partial charge on any atom is -0.358 e. The van der Waals surface area contributed by atoms with Gasteiger partial charge in [-0.25, -0.2) is 4.98 Å². The summed E-state index contributed by atoms with van der Waals surface area (Å²) in [5, 5.41) is 4.00. The molecule has 0 aliphatic rings. The average Bonchev–Trinajstić information content (AvgIpc) is 2.67. The van der Waals surface area contributed by atoms with E-state index in [1.807, 2.05) is 0 Å². The fraction of sp³-hybridized carbons (Fsp3) is 0.333. The van der Waals surface area contributed by atoms with Gasteiger partial charge in [-0.05, 0) is 13.8 Å². The lowest BCUT2D eigenvalue weighted by Gasteiger charge is -2.03. The standard InChI is InChI=1S/C9H11N5S/c1-6(2)12-9-13-8(14-15-9)7-5-10-3-4-11-7/h3-6H,1-2H3,(H,12,13,14). The van der Waals surface area contributed by atoms with Gasteiger partial charge >= 0.3 is 0 Å². The molecule has 0 atom stereocenters. The number of nitrogens with zero attached hydrogens (tertiary/aromatic N) is 4. The molecule has 0 saturated heterocycles. The fourth-order valence-corrected chi connectivity index (χ4v) is 1.77. The van der Waals surface area contributed by atoms with Crippen molar-refractivity contribution in [2.75, 3.05) is 5.32 Å². The maximum Gasteiger partial charge on any atom is 0.203 e. The van der Waals surface area contributed by atoms with Crippen LogP contribution in [0.4, 0.5) is 5.13 Å². The number of nitrogens with one attached hydrogen (secondary N) is 1. The third-order valence-electron chi connectivity index (χ3n) is 1.63. The van der Waals surface area contributed by atoms with Gasteiger partial charge in [-0.3, -0.25) is 4.98 Å². The summed E-state index contributed by atoms with van der Waals surface area (Å²) in [4.78, 5) is 12.4. The maximum absolute atomic E-state index is 4.31. The van der Waals surface area contributed by atoms with Crippen molar-refractivity contribution in [2.45, 2.75) is 19.9 Å². The number of aromatic nitrogens is 4. The van der Waals surface area contributed by atoms with Gasteiger partial charge in [0.15, 0.2) is 5.82 Å². The first kappa shape index (κ1) is 9.97. The van der Waals surface area contributed by atoms with Gasteiger partial charge in [0.05, 0.1) is 6.20 Å². The third-order valence-corrected chi connectivity index (χ3v) is 2.28. The third kappa shape index (κ3) is 2.47. The number of rotatable bonds is 3. The van der Waals surface area contributed by atoms with Gasteiger partial charge in [-0.2, -0.15) is 9.36 Å². The van der Waals surface area contributed by atoms with E-state index in [1.54, 1.807) is 18.6 Å². The highest BCUT2D eigenvalue weighted by Gasteiger charge is 2.07. The van der Waals surface area contributed by atoms with Gasteiger partial charge in [-0.1, -0.05) is 0 Å². The second kappa shape index (κ2) is 4.31. The smallest absolute Gasteiger partial charge is 0.203 e. The fourth-order valence-electron chi connectivity index (χ4n) is 1.05. The van der Waals surface area contributed by atoms with Crippen LogP contribution >= 0.6 is 11.5 Å². The monoisotopic (exact) mass is 221 g/mol. The molecule has 0 fully saturated rings. The Kier molecular flexibility index (Phi) is 2.86. The van der Waals surface area contributed by atoms with Crippen LogP contribution in [0.5, 0.6) is 0 Å². The van der Waals surface area contributed by atoms with E-state index < -0.39 is 0 Å². The Hall–Kier alpha value is -1.56. The summed E-state index contributed by atoms with van der Waals surface area (Å²) in [6.07, 6.45) is 4.91. The summed E-state index contributed by atoms with van der Waals surface area (Å²) >= 11 is 1.33. The molecule has 0 radical (unpaired) electrons. The van der Waals surface area contributed by atoms with E-state index >= 15 is 0 Å². The van der Waals surface area contributed by atoms with Crippen molar-refractivity contribution < 1.29 is 0 Å². The number of anilines is 1. The molecule has 78 valence electrons. The van der Waals surface area contributed by atoms with Gasteiger partial charge in [0.25, 0.3) is 0 Å². The average molecular weight is 221 g/mol. The number of hydrogen-bond acceptors (Lipinski definition) is 6. The molecule has 5 nitrogen and oxygen atoms in total. The van der Waals surface area contributed by atoms with E-state index in [0.29, 0.717) is 17.6 Å². The molecule has 0 aliphatic carbocycles. The van der Waals surface area contributed by atoms with Crippen molar-refractivity contribution in [3.8, 4) is 11.5 Å². The van der Waals surface area contributed by atoms with Gasteiger partial charge in [0.1, 0.15) is 5.69 Å². The minimum absolute atomic E-state index is 0.354. The lowest BCUT2D eigenvalue weighted by Crippen LogP contribution is -2.09. The Balaban J connectivity index is 2.21. The minimum atomic E-state index is 0.354. The lowest BCUT2D eigenvalue weighted by molar-refractivity contribution is 0.896. The highest BCUT2D eigenvalue weighted by molar-refractivity contribution is 7.09. The van der Waals surface area contributed by atoms with Crippen molar-refractivity contribution in [2.24, 2.45) is 0 Å². The molecule has 0 unspecified atom stereocenters. The SMILES string of the molecule is CC(C)Nc1nc(-c2cnccn2)ns1. The van der Waals surface area contributed by atoms with Crippen LogP contribution in [0, 0.1) is 0 Å². The molecule has 0 amide bonds. The zero-order valence-electron chi connectivity index (χ0n) is 8.51. The molecule has 0 bridgehead atoms.